The van der Waals surface area contributed by atoms with Crippen LogP contribution in [0.5, 0.6) is 17.2 Å². The third-order valence-electron chi connectivity index (χ3n) is 4.38. The molecule has 0 spiro atoms. The summed E-state index contributed by atoms with van der Waals surface area (Å²) in [5.74, 6) is 1.08. The Hall–Kier alpha value is -2.37. The molecule has 2 N–H and O–H groups in total. The molecule has 0 amide bonds. The van der Waals surface area contributed by atoms with Gasteiger partial charge in [0, 0.05) is 24.2 Å². The smallest absolute Gasteiger partial charge is 0.303 e. The number of hydrogen-bond donors (Lipinski definition) is 2. The summed E-state index contributed by atoms with van der Waals surface area (Å²) >= 11 is 0. The van der Waals surface area contributed by atoms with Crippen molar-refractivity contribution in [2.45, 2.75) is 38.5 Å². The molecule has 1 saturated carbocycles. The lowest BCUT2D eigenvalue weighted by Crippen LogP contribution is -2.18. The number of allylic oxidation sites excluding steroid dienone is 1. The molecule has 2 rings (SSSR count). The number of unbranched alkanes of at least 4 members (excludes halogenated alkanes) is 1. The summed E-state index contributed by atoms with van der Waals surface area (Å²) in [5, 5.41) is 12.2. The average Bonchev–Trinajstić information content (AvgIpc) is 2.57. The van der Waals surface area contributed by atoms with Gasteiger partial charge in [0.25, 0.3) is 0 Å². The second-order valence-corrected chi connectivity index (χ2v) is 6.02. The predicted molar refractivity (Wildman–Crippen MR) is 96.4 cm³/mol. The van der Waals surface area contributed by atoms with Crippen LogP contribution in [0.2, 0.25) is 0 Å². The fourth-order valence-corrected chi connectivity index (χ4v) is 2.87. The quantitative estimate of drug-likeness (QED) is 0.630. The molecule has 0 atom stereocenters. The largest absolute Gasteiger partial charge is 0.493 e. The number of aliphatic carboxylic acids is 1. The van der Waals surface area contributed by atoms with Crippen molar-refractivity contribution in [3.05, 3.63) is 23.3 Å². The van der Waals surface area contributed by atoms with Crippen molar-refractivity contribution in [3.63, 3.8) is 0 Å². The van der Waals surface area contributed by atoms with Crippen LogP contribution >= 0.6 is 0 Å². The van der Waals surface area contributed by atoms with Crippen LogP contribution in [0.25, 0.3) is 5.70 Å². The summed E-state index contributed by atoms with van der Waals surface area (Å²) in [4.78, 5) is 10.6. The summed E-state index contributed by atoms with van der Waals surface area (Å²) in [5.41, 5.74) is 3.48. The van der Waals surface area contributed by atoms with Gasteiger partial charge >= 0.3 is 5.97 Å². The lowest BCUT2D eigenvalue weighted by molar-refractivity contribution is -0.137. The highest BCUT2D eigenvalue weighted by Crippen LogP contribution is 2.41. The molecule has 0 bridgehead atoms. The Balaban J connectivity index is 2.20. The van der Waals surface area contributed by atoms with Gasteiger partial charge in [-0.25, -0.2) is 0 Å². The van der Waals surface area contributed by atoms with Crippen LogP contribution in [-0.4, -0.2) is 38.9 Å². The Labute approximate surface area is 148 Å². The first-order valence-corrected chi connectivity index (χ1v) is 8.58. The average molecular weight is 349 g/mol. The van der Waals surface area contributed by atoms with Gasteiger partial charge in [0.2, 0.25) is 5.75 Å². The van der Waals surface area contributed by atoms with Crippen LogP contribution in [0.1, 0.15) is 44.1 Å². The van der Waals surface area contributed by atoms with Gasteiger partial charge in [-0.3, -0.25) is 4.79 Å². The van der Waals surface area contributed by atoms with E-state index in [4.69, 9.17) is 19.3 Å². The van der Waals surface area contributed by atoms with E-state index < -0.39 is 5.97 Å². The Bertz CT molecular complexity index is 608. The van der Waals surface area contributed by atoms with Crippen molar-refractivity contribution in [1.29, 1.82) is 0 Å². The highest BCUT2D eigenvalue weighted by molar-refractivity contribution is 5.73. The molecule has 0 aliphatic heterocycles. The molecule has 0 aromatic heterocycles. The van der Waals surface area contributed by atoms with Crippen LogP contribution in [0.4, 0.5) is 0 Å². The van der Waals surface area contributed by atoms with Crippen molar-refractivity contribution in [1.82, 2.24) is 5.32 Å². The predicted octanol–water partition coefficient (Wildman–Crippen LogP) is 3.45. The highest BCUT2D eigenvalue weighted by atomic mass is 16.5. The number of rotatable bonds is 10. The number of hydrogen-bond acceptors (Lipinski definition) is 5. The molecule has 1 aromatic rings. The number of nitrogens with one attached hydrogen (secondary N) is 1. The molecule has 6 heteroatoms. The third-order valence-corrected chi connectivity index (χ3v) is 4.38. The number of carbonyl (C=O) groups is 1. The Morgan fingerprint density at radius 2 is 1.72 bits per heavy atom. The lowest BCUT2D eigenvalue weighted by Gasteiger charge is -2.25. The van der Waals surface area contributed by atoms with E-state index in [-0.39, 0.29) is 6.42 Å². The molecular weight excluding hydrogens is 322 g/mol. The summed E-state index contributed by atoms with van der Waals surface area (Å²) in [6.45, 7) is 0.739. The number of carboxylic acids is 1. The normalized spacial score (nSPS) is 13.0. The molecule has 1 aliphatic rings. The zero-order chi connectivity index (χ0) is 18.2. The van der Waals surface area contributed by atoms with Gasteiger partial charge in [-0.15, -0.1) is 0 Å². The first-order valence-electron chi connectivity index (χ1n) is 8.58. The van der Waals surface area contributed by atoms with E-state index in [1.165, 1.54) is 12.0 Å². The van der Waals surface area contributed by atoms with Crippen LogP contribution < -0.4 is 19.5 Å². The molecule has 0 saturated heterocycles. The van der Waals surface area contributed by atoms with E-state index >= 15 is 0 Å². The number of ether oxygens (including phenoxy) is 3. The van der Waals surface area contributed by atoms with Crippen molar-refractivity contribution < 1.29 is 24.1 Å². The van der Waals surface area contributed by atoms with Crippen LogP contribution in [0.15, 0.2) is 17.7 Å². The molecule has 138 valence electrons. The molecule has 0 radical (unpaired) electrons. The molecule has 25 heavy (non-hydrogen) atoms. The first kappa shape index (κ1) is 19.0. The Kier molecular flexibility index (Phi) is 6.98. The maximum absolute atomic E-state index is 10.6. The van der Waals surface area contributed by atoms with Crippen LogP contribution in [0.3, 0.4) is 0 Å². The molecule has 1 fully saturated rings. The monoisotopic (exact) mass is 349 g/mol. The Morgan fingerprint density at radius 1 is 1.08 bits per heavy atom. The van der Waals surface area contributed by atoms with Gasteiger partial charge in [0.15, 0.2) is 11.5 Å². The number of benzene rings is 1. The minimum absolute atomic E-state index is 0.206. The third kappa shape index (κ3) is 4.81. The molecule has 0 unspecified atom stereocenters. The molecule has 6 nitrogen and oxygen atoms in total. The molecule has 1 aliphatic carbocycles. The van der Waals surface area contributed by atoms with Crippen molar-refractivity contribution in [2.24, 2.45) is 0 Å². The van der Waals surface area contributed by atoms with Gasteiger partial charge in [0.1, 0.15) is 0 Å². The van der Waals surface area contributed by atoms with Gasteiger partial charge in [-0.2, -0.15) is 0 Å². The van der Waals surface area contributed by atoms with Gasteiger partial charge in [0.05, 0.1) is 21.3 Å². The van der Waals surface area contributed by atoms with E-state index in [0.717, 1.165) is 37.1 Å². The fourth-order valence-electron chi connectivity index (χ4n) is 2.87. The standard InChI is InChI=1S/C19H27NO5/c1-23-15-11-14(12-16(24-2)19(15)25-3)18(13-7-6-8-13)20-10-5-4-9-17(21)22/h11-12,20H,4-10H2,1-3H3,(H,21,22). The summed E-state index contributed by atoms with van der Waals surface area (Å²) in [6.07, 6.45) is 5.04. The minimum atomic E-state index is -0.748. The van der Waals surface area contributed by atoms with E-state index in [1.807, 2.05) is 12.1 Å². The zero-order valence-electron chi connectivity index (χ0n) is 15.2. The first-order chi connectivity index (χ1) is 12.1. The second kappa shape index (κ2) is 9.20. The van der Waals surface area contributed by atoms with Crippen LogP contribution in [0, 0.1) is 0 Å². The van der Waals surface area contributed by atoms with E-state index in [1.54, 1.807) is 21.3 Å². The number of carboxylic acid groups (broad SMARTS) is 1. The van der Waals surface area contributed by atoms with Crippen molar-refractivity contribution in [2.75, 3.05) is 27.9 Å². The fraction of sp³-hybridized carbons (Fsp3) is 0.526. The van der Waals surface area contributed by atoms with Gasteiger partial charge in [-0.05, 0) is 49.8 Å². The lowest BCUT2D eigenvalue weighted by atomic mass is 9.88. The number of methoxy groups -OCH3 is 3. The van der Waals surface area contributed by atoms with Crippen LogP contribution in [-0.2, 0) is 4.79 Å². The summed E-state index contributed by atoms with van der Waals surface area (Å²) < 4.78 is 16.3. The van der Waals surface area contributed by atoms with E-state index in [0.29, 0.717) is 23.7 Å². The molecular formula is C19H27NO5. The summed E-state index contributed by atoms with van der Waals surface area (Å²) in [6, 6.07) is 3.90. The van der Waals surface area contributed by atoms with Crippen molar-refractivity contribution >= 4 is 11.7 Å². The maximum Gasteiger partial charge on any atom is 0.303 e. The molecule has 1 aromatic carbocycles. The maximum atomic E-state index is 10.6. The van der Waals surface area contributed by atoms with Gasteiger partial charge < -0.3 is 24.6 Å². The molecule has 0 heterocycles. The van der Waals surface area contributed by atoms with E-state index in [2.05, 4.69) is 5.32 Å². The Morgan fingerprint density at radius 3 is 2.16 bits per heavy atom. The zero-order valence-corrected chi connectivity index (χ0v) is 15.2. The van der Waals surface area contributed by atoms with Crippen molar-refractivity contribution in [3.8, 4) is 17.2 Å². The topological polar surface area (TPSA) is 77.0 Å². The highest BCUT2D eigenvalue weighted by Gasteiger charge is 2.20. The van der Waals surface area contributed by atoms with Gasteiger partial charge in [-0.1, -0.05) is 0 Å². The SMILES string of the molecule is COc1cc(C(NCCCCC(=O)O)=C2CCC2)cc(OC)c1OC. The van der Waals surface area contributed by atoms with E-state index in [9.17, 15) is 4.79 Å². The minimum Gasteiger partial charge on any atom is -0.493 e. The second-order valence-electron chi connectivity index (χ2n) is 6.02. The summed E-state index contributed by atoms with van der Waals surface area (Å²) in [7, 11) is 4.80.